The number of nitrogens with zero attached hydrogens (tertiary/aromatic N) is 3. The van der Waals surface area contributed by atoms with Crippen LogP contribution in [-0.2, 0) is 4.79 Å². The Morgan fingerprint density at radius 2 is 1.80 bits per heavy atom. The maximum atomic E-state index is 14.8. The molecule has 6 nitrogen and oxygen atoms in total. The van der Waals surface area contributed by atoms with Gasteiger partial charge in [0.2, 0.25) is 0 Å². The van der Waals surface area contributed by atoms with Crippen LogP contribution in [0.2, 0.25) is 0 Å². The second-order valence-corrected chi connectivity index (χ2v) is 8.39. The van der Waals surface area contributed by atoms with Crippen LogP contribution < -0.4 is 4.74 Å². The van der Waals surface area contributed by atoms with E-state index in [-0.39, 0.29) is 5.82 Å². The molecule has 1 saturated heterocycles. The molecule has 0 radical (unpaired) electrons. The van der Waals surface area contributed by atoms with Crippen molar-refractivity contribution in [2.75, 3.05) is 32.7 Å². The molecule has 30 heavy (non-hydrogen) atoms. The number of carboxylic acid groups (broad SMARTS) is 1. The fraction of sp³-hybridized carbons (Fsp3) is 0.391. The molecular formula is C23H26FN3O3. The lowest BCUT2D eigenvalue weighted by Crippen LogP contribution is -2.49. The number of ether oxygens (including phenoxy) is 1. The van der Waals surface area contributed by atoms with E-state index in [9.17, 15) is 14.3 Å². The van der Waals surface area contributed by atoms with Crippen LogP contribution in [0.25, 0.3) is 0 Å². The molecule has 1 N–H and O–H groups in total. The van der Waals surface area contributed by atoms with Crippen molar-refractivity contribution in [3.8, 4) is 11.5 Å². The largest absolute Gasteiger partial charge is 0.481 e. The number of piperazine rings is 1. The molecule has 0 aliphatic carbocycles. The van der Waals surface area contributed by atoms with Crippen LogP contribution in [0.3, 0.4) is 0 Å². The monoisotopic (exact) mass is 411 g/mol. The quantitative estimate of drug-likeness (QED) is 0.820. The Labute approximate surface area is 175 Å². The topological polar surface area (TPSA) is 65.4 Å². The molecule has 0 spiro atoms. The number of rotatable bonds is 4. The van der Waals surface area contributed by atoms with Gasteiger partial charge in [-0.3, -0.25) is 9.69 Å². The van der Waals surface area contributed by atoms with Gasteiger partial charge in [0.05, 0.1) is 11.0 Å². The highest BCUT2D eigenvalue weighted by Gasteiger charge is 2.30. The third-order valence-electron chi connectivity index (χ3n) is 5.81. The van der Waals surface area contributed by atoms with E-state index in [1.807, 2.05) is 24.3 Å². The third kappa shape index (κ3) is 4.03. The minimum Gasteiger partial charge on any atom is -0.481 e. The first-order valence-corrected chi connectivity index (χ1v) is 10.2. The van der Waals surface area contributed by atoms with Gasteiger partial charge in [-0.2, -0.15) is 0 Å². The van der Waals surface area contributed by atoms with E-state index in [0.717, 1.165) is 19.6 Å². The molecule has 0 atom stereocenters. The lowest BCUT2D eigenvalue weighted by atomic mass is 9.89. The third-order valence-corrected chi connectivity index (χ3v) is 5.81. The summed E-state index contributed by atoms with van der Waals surface area (Å²) >= 11 is 0. The summed E-state index contributed by atoms with van der Waals surface area (Å²) < 4.78 is 20.8. The molecule has 0 saturated carbocycles. The molecule has 2 heterocycles. The summed E-state index contributed by atoms with van der Waals surface area (Å²) in [6.45, 7) is 7.12. The molecule has 0 unspecified atom stereocenters. The Balaban J connectivity index is 1.54. The van der Waals surface area contributed by atoms with Gasteiger partial charge in [0.15, 0.2) is 5.75 Å². The van der Waals surface area contributed by atoms with Crippen LogP contribution in [0.5, 0.6) is 11.5 Å². The van der Waals surface area contributed by atoms with E-state index in [2.05, 4.69) is 9.80 Å². The van der Waals surface area contributed by atoms with Crippen molar-refractivity contribution in [1.82, 2.24) is 9.80 Å². The van der Waals surface area contributed by atoms with E-state index in [0.29, 0.717) is 48.1 Å². The summed E-state index contributed by atoms with van der Waals surface area (Å²) in [6, 6.07) is 12.3. The number of aliphatic carboxylic acids is 1. The summed E-state index contributed by atoms with van der Waals surface area (Å²) in [6.07, 6.45) is 0.585. The molecule has 0 bridgehead atoms. The fourth-order valence-electron chi connectivity index (χ4n) is 3.69. The van der Waals surface area contributed by atoms with Crippen molar-refractivity contribution in [3.63, 3.8) is 0 Å². The summed E-state index contributed by atoms with van der Waals surface area (Å²) in [5, 5.41) is 9.32. The molecule has 0 aromatic heterocycles. The Hall–Kier alpha value is -2.93. The first-order valence-electron chi connectivity index (χ1n) is 10.2. The van der Waals surface area contributed by atoms with Crippen molar-refractivity contribution in [1.29, 1.82) is 0 Å². The average Bonchev–Trinajstić information content (AvgIpc) is 2.90. The summed E-state index contributed by atoms with van der Waals surface area (Å²) in [7, 11) is 0. The van der Waals surface area contributed by atoms with Crippen LogP contribution >= 0.6 is 0 Å². The van der Waals surface area contributed by atoms with Crippen molar-refractivity contribution >= 4 is 17.5 Å². The SMILES string of the molecule is CC(C)(CCN1CCN(C2=Nc3ccccc3Oc3cccc(F)c32)CC1)C(=O)O. The highest BCUT2D eigenvalue weighted by Crippen LogP contribution is 2.38. The Morgan fingerprint density at radius 1 is 1.10 bits per heavy atom. The number of hydrogen-bond donors (Lipinski definition) is 1. The van der Waals surface area contributed by atoms with Gasteiger partial charge in [-0.25, -0.2) is 9.38 Å². The molecule has 158 valence electrons. The smallest absolute Gasteiger partial charge is 0.309 e. The van der Waals surface area contributed by atoms with Gasteiger partial charge in [0.1, 0.15) is 23.1 Å². The number of carbonyl (C=O) groups is 1. The highest BCUT2D eigenvalue weighted by molar-refractivity contribution is 6.04. The predicted octanol–water partition coefficient (Wildman–Crippen LogP) is 4.13. The molecule has 2 aromatic carbocycles. The minimum atomic E-state index is -0.778. The first kappa shape index (κ1) is 20.3. The Morgan fingerprint density at radius 3 is 2.53 bits per heavy atom. The standard InChI is InChI=1S/C23H26FN3O3/c1-23(2,22(28)29)10-11-26-12-14-27(15-13-26)21-20-16(24)6-5-9-19(20)30-18-8-4-3-7-17(18)25-21/h3-9H,10-15H2,1-2H3,(H,28,29). The van der Waals surface area contributed by atoms with Gasteiger partial charge >= 0.3 is 5.97 Å². The summed E-state index contributed by atoms with van der Waals surface area (Å²) in [4.78, 5) is 20.5. The van der Waals surface area contributed by atoms with E-state index < -0.39 is 11.4 Å². The Bertz CT molecular complexity index is 981. The number of hydrogen-bond acceptors (Lipinski definition) is 5. The second kappa shape index (κ2) is 8.07. The number of fused-ring (bicyclic) bond motifs is 2. The normalized spacial score (nSPS) is 16.8. The zero-order valence-electron chi connectivity index (χ0n) is 17.3. The lowest BCUT2D eigenvalue weighted by molar-refractivity contribution is -0.147. The summed E-state index contributed by atoms with van der Waals surface area (Å²) in [5.41, 5.74) is 0.314. The molecule has 4 rings (SSSR count). The van der Waals surface area contributed by atoms with Gasteiger partial charge in [-0.1, -0.05) is 18.2 Å². The second-order valence-electron chi connectivity index (χ2n) is 8.39. The first-order chi connectivity index (χ1) is 14.3. The Kier molecular flexibility index (Phi) is 5.47. The van der Waals surface area contributed by atoms with Gasteiger partial charge in [0, 0.05) is 26.2 Å². The van der Waals surface area contributed by atoms with Gasteiger partial charge in [0.25, 0.3) is 0 Å². The minimum absolute atomic E-state index is 0.357. The van der Waals surface area contributed by atoms with Crippen molar-refractivity contribution < 1.29 is 19.0 Å². The predicted molar refractivity (Wildman–Crippen MR) is 113 cm³/mol. The van der Waals surface area contributed by atoms with Crippen molar-refractivity contribution in [2.45, 2.75) is 20.3 Å². The van der Waals surface area contributed by atoms with Crippen molar-refractivity contribution in [2.24, 2.45) is 10.4 Å². The highest BCUT2D eigenvalue weighted by atomic mass is 19.1. The zero-order valence-corrected chi connectivity index (χ0v) is 17.3. The lowest BCUT2D eigenvalue weighted by Gasteiger charge is -2.37. The average molecular weight is 411 g/mol. The van der Waals surface area contributed by atoms with Gasteiger partial charge in [-0.05, 0) is 51.1 Å². The molecule has 2 aromatic rings. The number of carboxylic acids is 1. The molecule has 7 heteroatoms. The van der Waals surface area contributed by atoms with E-state index >= 15 is 0 Å². The van der Waals surface area contributed by atoms with Crippen LogP contribution in [0.15, 0.2) is 47.5 Å². The number of benzene rings is 2. The number of aliphatic imine (C=N–C) groups is 1. The molecular weight excluding hydrogens is 385 g/mol. The van der Waals surface area contributed by atoms with Crippen LogP contribution in [0, 0.1) is 11.2 Å². The van der Waals surface area contributed by atoms with Crippen LogP contribution in [-0.4, -0.2) is 59.4 Å². The molecule has 2 aliphatic rings. The zero-order chi connectivity index (χ0) is 21.3. The number of para-hydroxylation sites is 2. The molecule has 2 aliphatic heterocycles. The van der Waals surface area contributed by atoms with Gasteiger partial charge in [-0.15, -0.1) is 0 Å². The maximum absolute atomic E-state index is 14.8. The van der Waals surface area contributed by atoms with Crippen LogP contribution in [0.1, 0.15) is 25.8 Å². The van der Waals surface area contributed by atoms with Crippen molar-refractivity contribution in [3.05, 3.63) is 53.8 Å². The van der Waals surface area contributed by atoms with E-state index in [1.54, 1.807) is 26.0 Å². The number of amidine groups is 1. The van der Waals surface area contributed by atoms with E-state index in [1.165, 1.54) is 6.07 Å². The van der Waals surface area contributed by atoms with Crippen LogP contribution in [0.4, 0.5) is 10.1 Å². The fourth-order valence-corrected chi connectivity index (χ4v) is 3.69. The van der Waals surface area contributed by atoms with E-state index in [4.69, 9.17) is 9.73 Å². The van der Waals surface area contributed by atoms with Gasteiger partial charge < -0.3 is 14.7 Å². The summed E-state index contributed by atoms with van der Waals surface area (Å²) in [5.74, 6) is 0.515. The maximum Gasteiger partial charge on any atom is 0.309 e. The molecule has 0 amide bonds. The number of halogens is 1. The molecule has 1 fully saturated rings.